The first-order valence-corrected chi connectivity index (χ1v) is 8.27. The average molecular weight is 352 g/mol. The van der Waals surface area contributed by atoms with Gasteiger partial charge in [0.15, 0.2) is 0 Å². The minimum atomic E-state index is -0.558. The van der Waals surface area contributed by atoms with Crippen molar-refractivity contribution < 1.29 is 23.8 Å². The maximum absolute atomic E-state index is 12.0. The summed E-state index contributed by atoms with van der Waals surface area (Å²) in [6.07, 6.45) is 0.200. The normalized spacial score (nSPS) is 11.0. The summed E-state index contributed by atoms with van der Waals surface area (Å²) in [5.74, 6) is -0.166. The first-order chi connectivity index (χ1) is 11.8. The first kappa shape index (κ1) is 20.9. The van der Waals surface area contributed by atoms with Gasteiger partial charge in [-0.25, -0.2) is 4.79 Å². The van der Waals surface area contributed by atoms with E-state index in [9.17, 15) is 9.59 Å². The summed E-state index contributed by atoms with van der Waals surface area (Å²) in [7, 11) is 1.62. The Labute approximate surface area is 149 Å². The number of ether oxygens (including phenoxy) is 3. The summed E-state index contributed by atoms with van der Waals surface area (Å²) in [5.41, 5.74) is 0.532. The Bertz CT molecular complexity index is 537. The van der Waals surface area contributed by atoms with Crippen molar-refractivity contribution in [3.05, 3.63) is 29.8 Å². The first-order valence-electron chi connectivity index (χ1n) is 8.27. The molecule has 0 radical (unpaired) electrons. The molecule has 1 aromatic carbocycles. The van der Waals surface area contributed by atoms with E-state index in [4.69, 9.17) is 14.2 Å². The van der Waals surface area contributed by atoms with Crippen LogP contribution in [-0.4, -0.2) is 51.1 Å². The van der Waals surface area contributed by atoms with Crippen molar-refractivity contribution in [1.29, 1.82) is 0 Å². The highest BCUT2D eigenvalue weighted by atomic mass is 16.6. The maximum atomic E-state index is 12.0. The van der Waals surface area contributed by atoms with E-state index in [-0.39, 0.29) is 5.91 Å². The summed E-state index contributed by atoms with van der Waals surface area (Å²) < 4.78 is 15.4. The van der Waals surface area contributed by atoms with Gasteiger partial charge in [-0.2, -0.15) is 0 Å². The monoisotopic (exact) mass is 352 g/mol. The van der Waals surface area contributed by atoms with Crippen molar-refractivity contribution in [2.24, 2.45) is 0 Å². The van der Waals surface area contributed by atoms with Gasteiger partial charge in [-0.05, 0) is 51.5 Å². The molecule has 0 fully saturated rings. The molecule has 25 heavy (non-hydrogen) atoms. The van der Waals surface area contributed by atoms with E-state index in [1.807, 2.05) is 0 Å². The van der Waals surface area contributed by atoms with Gasteiger partial charge >= 0.3 is 6.09 Å². The molecule has 0 unspecified atom stereocenters. The Morgan fingerprint density at radius 2 is 1.72 bits per heavy atom. The topological polar surface area (TPSA) is 85.9 Å². The standard InChI is InChI=1S/C18H28N2O5/c1-18(2,3)25-17(22)20-15-8-6-14(7-9-15)16(21)19-10-5-11-24-13-12-23-4/h6-9H,5,10-13H2,1-4H3,(H,19,21)(H,20,22). The predicted octanol–water partition coefficient (Wildman–Crippen LogP) is 2.82. The molecule has 0 aliphatic heterocycles. The minimum Gasteiger partial charge on any atom is -0.444 e. The number of amides is 2. The largest absolute Gasteiger partial charge is 0.444 e. The number of methoxy groups -OCH3 is 1. The average Bonchev–Trinajstić information content (AvgIpc) is 2.52. The SMILES string of the molecule is COCCOCCCNC(=O)c1ccc(NC(=O)OC(C)(C)C)cc1. The van der Waals surface area contributed by atoms with E-state index in [1.165, 1.54) is 0 Å². The fourth-order valence-electron chi connectivity index (χ4n) is 1.85. The third-order valence-electron chi connectivity index (χ3n) is 2.98. The molecule has 1 aromatic rings. The zero-order valence-electron chi connectivity index (χ0n) is 15.4. The van der Waals surface area contributed by atoms with Crippen LogP contribution in [0.2, 0.25) is 0 Å². The fourth-order valence-corrected chi connectivity index (χ4v) is 1.85. The van der Waals surface area contributed by atoms with Crippen LogP contribution < -0.4 is 10.6 Å². The Morgan fingerprint density at radius 3 is 2.32 bits per heavy atom. The summed E-state index contributed by atoms with van der Waals surface area (Å²) in [6, 6.07) is 6.62. The lowest BCUT2D eigenvalue weighted by atomic mass is 10.2. The van der Waals surface area contributed by atoms with Gasteiger partial charge in [0.25, 0.3) is 5.91 Å². The maximum Gasteiger partial charge on any atom is 0.412 e. The van der Waals surface area contributed by atoms with Gasteiger partial charge in [-0.15, -0.1) is 0 Å². The number of hydrogen-bond donors (Lipinski definition) is 2. The van der Waals surface area contributed by atoms with E-state index < -0.39 is 11.7 Å². The Morgan fingerprint density at radius 1 is 1.04 bits per heavy atom. The molecule has 0 spiro atoms. The predicted molar refractivity (Wildman–Crippen MR) is 95.9 cm³/mol. The number of hydrogen-bond acceptors (Lipinski definition) is 5. The van der Waals surface area contributed by atoms with Crippen molar-refractivity contribution in [3.8, 4) is 0 Å². The lowest BCUT2D eigenvalue weighted by Gasteiger charge is -2.19. The molecule has 0 aliphatic rings. The summed E-state index contributed by atoms with van der Waals surface area (Å²) >= 11 is 0. The number of nitrogens with one attached hydrogen (secondary N) is 2. The second kappa shape index (κ2) is 10.7. The molecule has 2 amide bonds. The molecular weight excluding hydrogens is 324 g/mol. The van der Waals surface area contributed by atoms with Crippen molar-refractivity contribution in [1.82, 2.24) is 5.32 Å². The molecule has 0 aliphatic carbocycles. The van der Waals surface area contributed by atoms with Crippen molar-refractivity contribution in [2.45, 2.75) is 32.8 Å². The zero-order valence-corrected chi connectivity index (χ0v) is 15.4. The summed E-state index contributed by atoms with van der Waals surface area (Å²) in [6.45, 7) is 7.60. The van der Waals surface area contributed by atoms with Crippen LogP contribution in [0.5, 0.6) is 0 Å². The van der Waals surface area contributed by atoms with E-state index in [0.717, 1.165) is 6.42 Å². The van der Waals surface area contributed by atoms with Gasteiger partial charge in [-0.1, -0.05) is 0 Å². The number of anilines is 1. The van der Waals surface area contributed by atoms with Gasteiger partial charge in [0.1, 0.15) is 5.60 Å². The Hall–Kier alpha value is -2.12. The van der Waals surface area contributed by atoms with Gasteiger partial charge in [0.2, 0.25) is 0 Å². The van der Waals surface area contributed by atoms with Gasteiger partial charge in [0, 0.05) is 31.5 Å². The molecule has 0 atom stereocenters. The molecule has 7 nitrogen and oxygen atoms in total. The Kier molecular flexibility index (Phi) is 8.94. The number of carbonyl (C=O) groups excluding carboxylic acids is 2. The van der Waals surface area contributed by atoms with Gasteiger partial charge in [0.05, 0.1) is 13.2 Å². The van der Waals surface area contributed by atoms with E-state index in [1.54, 1.807) is 52.1 Å². The second-order valence-corrected chi connectivity index (χ2v) is 6.42. The molecular formula is C18H28N2O5. The molecule has 0 aromatic heterocycles. The zero-order chi connectivity index (χ0) is 18.7. The highest BCUT2D eigenvalue weighted by molar-refractivity contribution is 5.95. The van der Waals surface area contributed by atoms with Gasteiger partial charge in [-0.3, -0.25) is 10.1 Å². The lowest BCUT2D eigenvalue weighted by molar-refractivity contribution is 0.0635. The van der Waals surface area contributed by atoms with Crippen LogP contribution >= 0.6 is 0 Å². The van der Waals surface area contributed by atoms with E-state index in [0.29, 0.717) is 37.6 Å². The molecule has 0 saturated heterocycles. The van der Waals surface area contributed by atoms with Crippen LogP contribution in [0.3, 0.4) is 0 Å². The number of rotatable bonds is 9. The van der Waals surface area contributed by atoms with Crippen molar-refractivity contribution in [3.63, 3.8) is 0 Å². The lowest BCUT2D eigenvalue weighted by Crippen LogP contribution is -2.27. The van der Waals surface area contributed by atoms with E-state index >= 15 is 0 Å². The van der Waals surface area contributed by atoms with Crippen LogP contribution in [0.4, 0.5) is 10.5 Å². The molecule has 0 heterocycles. The quantitative estimate of drug-likeness (QED) is 0.668. The summed E-state index contributed by atoms with van der Waals surface area (Å²) in [4.78, 5) is 23.7. The highest BCUT2D eigenvalue weighted by Crippen LogP contribution is 2.13. The number of carbonyl (C=O) groups is 2. The Balaban J connectivity index is 2.33. The third kappa shape index (κ3) is 9.69. The van der Waals surface area contributed by atoms with Crippen LogP contribution in [-0.2, 0) is 14.2 Å². The minimum absolute atomic E-state index is 0.166. The third-order valence-corrected chi connectivity index (χ3v) is 2.98. The smallest absolute Gasteiger partial charge is 0.412 e. The molecule has 7 heteroatoms. The molecule has 0 saturated carbocycles. The van der Waals surface area contributed by atoms with Crippen LogP contribution in [0.15, 0.2) is 24.3 Å². The van der Waals surface area contributed by atoms with E-state index in [2.05, 4.69) is 10.6 Å². The summed E-state index contributed by atoms with van der Waals surface area (Å²) in [5, 5.41) is 5.44. The molecule has 1 rings (SSSR count). The second-order valence-electron chi connectivity index (χ2n) is 6.42. The highest BCUT2D eigenvalue weighted by Gasteiger charge is 2.16. The van der Waals surface area contributed by atoms with Crippen LogP contribution in [0, 0.1) is 0 Å². The van der Waals surface area contributed by atoms with Crippen molar-refractivity contribution in [2.75, 3.05) is 38.8 Å². The number of benzene rings is 1. The van der Waals surface area contributed by atoms with Crippen LogP contribution in [0.25, 0.3) is 0 Å². The fraction of sp³-hybridized carbons (Fsp3) is 0.556. The molecule has 0 bridgehead atoms. The molecule has 2 N–H and O–H groups in total. The van der Waals surface area contributed by atoms with Crippen molar-refractivity contribution >= 4 is 17.7 Å². The van der Waals surface area contributed by atoms with Crippen LogP contribution in [0.1, 0.15) is 37.6 Å². The van der Waals surface area contributed by atoms with Gasteiger partial charge < -0.3 is 19.5 Å². The molecule has 140 valence electrons.